The summed E-state index contributed by atoms with van der Waals surface area (Å²) in [6.45, 7) is 12.0. The quantitative estimate of drug-likeness (QED) is 0.494. The van der Waals surface area contributed by atoms with Crippen LogP contribution in [0.25, 0.3) is 0 Å². The Morgan fingerprint density at radius 3 is 2.45 bits per heavy atom. The molecule has 1 aromatic rings. The standard InChI is InChI=1S/C16H23BrFNO2Si/c1-16(2,3)22(4,5)21-10-6-9-20-13-8-7-12(11-19)14(17)15(13)18/h7-8H,6,9-10H2,1-5H3. The van der Waals surface area contributed by atoms with Gasteiger partial charge in [-0.25, -0.2) is 4.39 Å². The molecule has 0 atom stereocenters. The first kappa shape index (κ1) is 19.1. The summed E-state index contributed by atoms with van der Waals surface area (Å²) in [5.41, 5.74) is 0.256. The monoisotopic (exact) mass is 387 g/mol. The van der Waals surface area contributed by atoms with Gasteiger partial charge in [0.25, 0.3) is 0 Å². The number of nitrogens with zero attached hydrogens (tertiary/aromatic N) is 1. The molecule has 0 fully saturated rings. The van der Waals surface area contributed by atoms with Crippen molar-refractivity contribution in [3.63, 3.8) is 0 Å². The van der Waals surface area contributed by atoms with Crippen LogP contribution < -0.4 is 4.74 Å². The van der Waals surface area contributed by atoms with E-state index in [1.807, 2.05) is 6.07 Å². The van der Waals surface area contributed by atoms with Crippen molar-refractivity contribution in [1.29, 1.82) is 5.26 Å². The molecule has 0 aliphatic heterocycles. The lowest BCUT2D eigenvalue weighted by molar-refractivity contribution is 0.229. The van der Waals surface area contributed by atoms with E-state index in [9.17, 15) is 4.39 Å². The molecule has 0 aliphatic rings. The van der Waals surface area contributed by atoms with E-state index < -0.39 is 14.1 Å². The third-order valence-electron chi connectivity index (χ3n) is 3.98. The fourth-order valence-electron chi connectivity index (χ4n) is 1.51. The Hall–Kier alpha value is -0.903. The van der Waals surface area contributed by atoms with Gasteiger partial charge >= 0.3 is 0 Å². The van der Waals surface area contributed by atoms with Gasteiger partial charge in [-0.2, -0.15) is 5.26 Å². The van der Waals surface area contributed by atoms with Gasteiger partial charge in [-0.3, -0.25) is 0 Å². The molecule has 0 aliphatic carbocycles. The third-order valence-corrected chi connectivity index (χ3v) is 9.30. The van der Waals surface area contributed by atoms with Crippen molar-refractivity contribution in [2.75, 3.05) is 13.2 Å². The maximum atomic E-state index is 14.0. The van der Waals surface area contributed by atoms with E-state index in [-0.39, 0.29) is 20.8 Å². The summed E-state index contributed by atoms with van der Waals surface area (Å²) >= 11 is 3.07. The van der Waals surface area contributed by atoms with Gasteiger partial charge in [0.1, 0.15) is 6.07 Å². The highest BCUT2D eigenvalue weighted by molar-refractivity contribution is 9.10. The smallest absolute Gasteiger partial charge is 0.191 e. The lowest BCUT2D eigenvalue weighted by atomic mass is 10.2. The number of rotatable bonds is 6. The summed E-state index contributed by atoms with van der Waals surface area (Å²) in [6, 6.07) is 4.93. The molecule has 0 saturated carbocycles. The van der Waals surface area contributed by atoms with E-state index >= 15 is 0 Å². The third kappa shape index (κ3) is 4.80. The number of benzene rings is 1. The fraction of sp³-hybridized carbons (Fsp3) is 0.562. The van der Waals surface area contributed by atoms with Crippen LogP contribution in [0, 0.1) is 17.1 Å². The molecule has 0 radical (unpaired) electrons. The number of hydrogen-bond donors (Lipinski definition) is 0. The lowest BCUT2D eigenvalue weighted by Gasteiger charge is -2.36. The Labute approximate surface area is 141 Å². The van der Waals surface area contributed by atoms with Crippen LogP contribution in [0.15, 0.2) is 16.6 Å². The van der Waals surface area contributed by atoms with Crippen LogP contribution in [0.5, 0.6) is 5.75 Å². The van der Waals surface area contributed by atoms with Crippen molar-refractivity contribution in [2.24, 2.45) is 0 Å². The molecule has 1 rings (SSSR count). The van der Waals surface area contributed by atoms with E-state index in [1.165, 1.54) is 12.1 Å². The number of ether oxygens (including phenoxy) is 1. The second-order valence-electron chi connectivity index (χ2n) is 6.66. The van der Waals surface area contributed by atoms with E-state index in [2.05, 4.69) is 49.8 Å². The number of hydrogen-bond acceptors (Lipinski definition) is 3. The van der Waals surface area contributed by atoms with Gasteiger partial charge < -0.3 is 9.16 Å². The Balaban J connectivity index is 2.47. The van der Waals surface area contributed by atoms with Crippen LogP contribution in [0.1, 0.15) is 32.8 Å². The first-order valence-electron chi connectivity index (χ1n) is 7.25. The van der Waals surface area contributed by atoms with Crippen LogP contribution in [0.3, 0.4) is 0 Å². The van der Waals surface area contributed by atoms with Crippen LogP contribution in [-0.2, 0) is 4.43 Å². The largest absolute Gasteiger partial charge is 0.490 e. The summed E-state index contributed by atoms with van der Waals surface area (Å²) < 4.78 is 25.6. The number of nitriles is 1. The van der Waals surface area contributed by atoms with Gasteiger partial charge in [0, 0.05) is 13.0 Å². The topological polar surface area (TPSA) is 42.2 Å². The van der Waals surface area contributed by atoms with Crippen LogP contribution in [0.2, 0.25) is 18.1 Å². The SMILES string of the molecule is CC(C)(C)[Si](C)(C)OCCCOc1ccc(C#N)c(Br)c1F. The maximum Gasteiger partial charge on any atom is 0.191 e. The molecule has 0 spiro atoms. The summed E-state index contributed by atoms with van der Waals surface area (Å²) in [6.07, 6.45) is 0.698. The Morgan fingerprint density at radius 2 is 1.91 bits per heavy atom. The molecule has 0 aromatic heterocycles. The molecule has 0 saturated heterocycles. The maximum absolute atomic E-state index is 14.0. The van der Waals surface area contributed by atoms with Crippen LogP contribution in [-0.4, -0.2) is 21.5 Å². The molecule has 6 heteroatoms. The molecule has 0 amide bonds. The normalized spacial score (nSPS) is 12.1. The summed E-state index contributed by atoms with van der Waals surface area (Å²) in [7, 11) is -1.74. The van der Waals surface area contributed by atoms with Crippen molar-refractivity contribution >= 4 is 24.2 Å². The Morgan fingerprint density at radius 1 is 1.27 bits per heavy atom. The number of halogens is 2. The molecule has 1 aromatic carbocycles. The van der Waals surface area contributed by atoms with E-state index in [0.717, 1.165) is 0 Å². The van der Waals surface area contributed by atoms with Crippen molar-refractivity contribution in [3.05, 3.63) is 28.0 Å². The first-order chi connectivity index (χ1) is 10.1. The zero-order valence-corrected chi connectivity index (χ0v) is 16.4. The Kier molecular flexibility index (Phi) is 6.60. The van der Waals surface area contributed by atoms with Gasteiger partial charge in [0.15, 0.2) is 19.9 Å². The van der Waals surface area contributed by atoms with Crippen molar-refractivity contribution in [3.8, 4) is 11.8 Å². The second-order valence-corrected chi connectivity index (χ2v) is 12.3. The van der Waals surface area contributed by atoms with Crippen molar-refractivity contribution in [1.82, 2.24) is 0 Å². The van der Waals surface area contributed by atoms with E-state index in [4.69, 9.17) is 14.4 Å². The van der Waals surface area contributed by atoms with Gasteiger partial charge in [-0.05, 0) is 46.2 Å². The van der Waals surface area contributed by atoms with Crippen molar-refractivity contribution < 1.29 is 13.6 Å². The molecule has 3 nitrogen and oxygen atoms in total. The second kappa shape index (κ2) is 7.58. The summed E-state index contributed by atoms with van der Waals surface area (Å²) in [5, 5.41) is 9.00. The van der Waals surface area contributed by atoms with Crippen LogP contribution >= 0.6 is 15.9 Å². The molecule has 0 unspecified atom stereocenters. The minimum atomic E-state index is -1.74. The molecule has 122 valence electrons. The minimum Gasteiger partial charge on any atom is -0.490 e. The average Bonchev–Trinajstić information content (AvgIpc) is 2.41. The highest BCUT2D eigenvalue weighted by Gasteiger charge is 2.36. The summed E-state index contributed by atoms with van der Waals surface area (Å²) in [4.78, 5) is 0. The predicted molar refractivity (Wildman–Crippen MR) is 92.1 cm³/mol. The highest BCUT2D eigenvalue weighted by Crippen LogP contribution is 2.36. The highest BCUT2D eigenvalue weighted by atomic mass is 79.9. The first-order valence-corrected chi connectivity index (χ1v) is 10.9. The average molecular weight is 388 g/mol. The molecular weight excluding hydrogens is 365 g/mol. The van der Waals surface area contributed by atoms with Gasteiger partial charge in [-0.1, -0.05) is 20.8 Å². The molecular formula is C16H23BrFNO2Si. The van der Waals surface area contributed by atoms with Gasteiger partial charge in [0.2, 0.25) is 0 Å². The van der Waals surface area contributed by atoms with Crippen LogP contribution in [0.4, 0.5) is 4.39 Å². The van der Waals surface area contributed by atoms with Gasteiger partial charge in [-0.15, -0.1) is 0 Å². The van der Waals surface area contributed by atoms with E-state index in [1.54, 1.807) is 0 Å². The fourth-order valence-corrected chi connectivity index (χ4v) is 3.02. The minimum absolute atomic E-state index is 0.144. The molecule has 0 heterocycles. The molecule has 22 heavy (non-hydrogen) atoms. The molecule has 0 bridgehead atoms. The lowest BCUT2D eigenvalue weighted by Crippen LogP contribution is -2.41. The predicted octanol–water partition coefficient (Wildman–Crippen LogP) is 5.25. The zero-order chi connectivity index (χ0) is 17.0. The van der Waals surface area contributed by atoms with Gasteiger partial charge in [0.05, 0.1) is 16.6 Å². The summed E-state index contributed by atoms with van der Waals surface area (Å²) in [5.74, 6) is -0.387. The molecule has 0 N–H and O–H groups in total. The Bertz CT molecular complexity index is 564. The van der Waals surface area contributed by atoms with Crippen molar-refractivity contribution in [2.45, 2.75) is 45.3 Å². The zero-order valence-electron chi connectivity index (χ0n) is 13.8. The van der Waals surface area contributed by atoms with E-state index in [0.29, 0.717) is 19.6 Å².